The summed E-state index contributed by atoms with van der Waals surface area (Å²) in [5.74, 6) is 2.14. The predicted octanol–water partition coefficient (Wildman–Crippen LogP) is 2.20. The third kappa shape index (κ3) is 1.91. The van der Waals surface area contributed by atoms with Crippen LogP contribution in [0.15, 0.2) is 0 Å². The molecule has 16 heavy (non-hydrogen) atoms. The second kappa shape index (κ2) is 4.30. The van der Waals surface area contributed by atoms with Gasteiger partial charge in [-0.1, -0.05) is 6.42 Å². The van der Waals surface area contributed by atoms with Gasteiger partial charge in [0.15, 0.2) is 0 Å². The summed E-state index contributed by atoms with van der Waals surface area (Å²) in [6.45, 7) is 2.60. The molecule has 92 valence electrons. The van der Waals surface area contributed by atoms with E-state index in [9.17, 15) is 0 Å². The lowest BCUT2D eigenvalue weighted by molar-refractivity contribution is 0.0801. The van der Waals surface area contributed by atoms with Gasteiger partial charge in [-0.2, -0.15) is 0 Å². The van der Waals surface area contributed by atoms with Gasteiger partial charge in [0, 0.05) is 12.1 Å². The monoisotopic (exact) mass is 222 g/mol. The standard InChI is InChI=1S/C14H26N2/c1-15-7-5-13(6-8-15)16(2)14-10-11-3-4-12(14)9-11/h11-14H,3-10H2,1-2H3. The molecule has 2 nitrogen and oxygen atoms in total. The van der Waals surface area contributed by atoms with Crippen LogP contribution in [0.4, 0.5) is 0 Å². The molecule has 2 heteroatoms. The molecule has 1 aliphatic heterocycles. The summed E-state index contributed by atoms with van der Waals surface area (Å²) in [5.41, 5.74) is 0. The van der Waals surface area contributed by atoms with Gasteiger partial charge in [-0.15, -0.1) is 0 Å². The van der Waals surface area contributed by atoms with E-state index in [2.05, 4.69) is 23.9 Å². The maximum atomic E-state index is 2.76. The first kappa shape index (κ1) is 11.0. The van der Waals surface area contributed by atoms with Crippen molar-refractivity contribution in [2.75, 3.05) is 27.2 Å². The highest BCUT2D eigenvalue weighted by atomic mass is 15.2. The van der Waals surface area contributed by atoms with E-state index >= 15 is 0 Å². The molecule has 2 bridgehead atoms. The van der Waals surface area contributed by atoms with Crippen LogP contribution < -0.4 is 0 Å². The van der Waals surface area contributed by atoms with E-state index in [4.69, 9.17) is 0 Å². The minimum absolute atomic E-state index is 0.876. The molecule has 3 atom stereocenters. The Kier molecular flexibility index (Phi) is 2.97. The number of likely N-dealkylation sites (tertiary alicyclic amines) is 1. The van der Waals surface area contributed by atoms with Crippen LogP contribution in [-0.4, -0.2) is 49.1 Å². The fourth-order valence-corrected chi connectivity index (χ4v) is 4.38. The molecule has 0 amide bonds. The Balaban J connectivity index is 1.58. The predicted molar refractivity (Wildman–Crippen MR) is 67.5 cm³/mol. The molecule has 3 unspecified atom stereocenters. The Bertz CT molecular complexity index is 245. The molecule has 0 radical (unpaired) electrons. The number of fused-ring (bicyclic) bond motifs is 2. The first-order valence-electron chi connectivity index (χ1n) is 7.14. The molecule has 2 saturated carbocycles. The van der Waals surface area contributed by atoms with Crippen molar-refractivity contribution in [2.24, 2.45) is 11.8 Å². The van der Waals surface area contributed by atoms with Gasteiger partial charge in [0.05, 0.1) is 0 Å². The number of hydrogen-bond donors (Lipinski definition) is 0. The summed E-state index contributed by atoms with van der Waals surface area (Å²) in [5, 5.41) is 0. The topological polar surface area (TPSA) is 6.48 Å². The molecule has 0 spiro atoms. The molecule has 0 N–H and O–H groups in total. The molecule has 3 rings (SSSR count). The van der Waals surface area contributed by atoms with Crippen molar-refractivity contribution in [3.05, 3.63) is 0 Å². The van der Waals surface area contributed by atoms with Crippen LogP contribution in [0, 0.1) is 11.8 Å². The van der Waals surface area contributed by atoms with Gasteiger partial charge in [0.2, 0.25) is 0 Å². The number of rotatable bonds is 2. The Morgan fingerprint density at radius 3 is 2.31 bits per heavy atom. The van der Waals surface area contributed by atoms with Gasteiger partial charge in [-0.25, -0.2) is 0 Å². The number of hydrogen-bond acceptors (Lipinski definition) is 2. The zero-order valence-corrected chi connectivity index (χ0v) is 10.9. The quantitative estimate of drug-likeness (QED) is 0.707. The summed E-state index contributed by atoms with van der Waals surface area (Å²) in [4.78, 5) is 5.24. The lowest BCUT2D eigenvalue weighted by Crippen LogP contribution is -2.47. The number of nitrogens with zero attached hydrogens (tertiary/aromatic N) is 2. The highest BCUT2D eigenvalue weighted by Crippen LogP contribution is 2.47. The van der Waals surface area contributed by atoms with Crippen LogP contribution in [0.5, 0.6) is 0 Å². The van der Waals surface area contributed by atoms with E-state index in [1.54, 1.807) is 6.42 Å². The van der Waals surface area contributed by atoms with Gasteiger partial charge in [0.25, 0.3) is 0 Å². The maximum Gasteiger partial charge on any atom is 0.0126 e. The average Bonchev–Trinajstić information content (AvgIpc) is 2.91. The van der Waals surface area contributed by atoms with Crippen LogP contribution >= 0.6 is 0 Å². The minimum atomic E-state index is 0.876. The lowest BCUT2D eigenvalue weighted by Gasteiger charge is -2.41. The molecule has 1 heterocycles. The van der Waals surface area contributed by atoms with E-state index in [0.29, 0.717) is 0 Å². The molecule has 3 aliphatic rings. The Morgan fingerprint density at radius 2 is 1.75 bits per heavy atom. The molecule has 0 aromatic heterocycles. The fourth-order valence-electron chi connectivity index (χ4n) is 4.38. The lowest BCUT2D eigenvalue weighted by atomic mass is 9.91. The van der Waals surface area contributed by atoms with Crippen LogP contribution in [0.2, 0.25) is 0 Å². The summed E-state index contributed by atoms with van der Waals surface area (Å²) in [6, 6.07) is 1.81. The summed E-state index contributed by atoms with van der Waals surface area (Å²) in [7, 11) is 4.66. The van der Waals surface area contributed by atoms with E-state index in [0.717, 1.165) is 23.9 Å². The first-order valence-corrected chi connectivity index (χ1v) is 7.14. The second-order valence-corrected chi connectivity index (χ2v) is 6.44. The van der Waals surface area contributed by atoms with E-state index in [1.807, 2.05) is 0 Å². The fraction of sp³-hybridized carbons (Fsp3) is 1.00. The maximum absolute atomic E-state index is 2.76. The van der Waals surface area contributed by atoms with Crippen LogP contribution in [-0.2, 0) is 0 Å². The molecular weight excluding hydrogens is 196 g/mol. The van der Waals surface area contributed by atoms with E-state index in [1.165, 1.54) is 45.2 Å². The van der Waals surface area contributed by atoms with Gasteiger partial charge < -0.3 is 9.80 Å². The molecular formula is C14H26N2. The molecule has 0 aromatic carbocycles. The summed E-state index contributed by atoms with van der Waals surface area (Å²) >= 11 is 0. The Morgan fingerprint density at radius 1 is 1.00 bits per heavy atom. The minimum Gasteiger partial charge on any atom is -0.306 e. The van der Waals surface area contributed by atoms with Gasteiger partial charge in [0.1, 0.15) is 0 Å². The summed E-state index contributed by atoms with van der Waals surface area (Å²) in [6.07, 6.45) is 8.88. The Hall–Kier alpha value is -0.0800. The van der Waals surface area contributed by atoms with Crippen molar-refractivity contribution in [3.63, 3.8) is 0 Å². The molecule has 1 saturated heterocycles. The molecule has 3 fully saturated rings. The third-order valence-corrected chi connectivity index (χ3v) is 5.49. The zero-order chi connectivity index (χ0) is 11.1. The van der Waals surface area contributed by atoms with E-state index < -0.39 is 0 Å². The van der Waals surface area contributed by atoms with Crippen molar-refractivity contribution in [2.45, 2.75) is 50.6 Å². The Labute approximate surface area is 100.0 Å². The van der Waals surface area contributed by atoms with Crippen molar-refractivity contribution < 1.29 is 0 Å². The van der Waals surface area contributed by atoms with E-state index in [-0.39, 0.29) is 0 Å². The number of piperidine rings is 1. The highest BCUT2D eigenvalue weighted by molar-refractivity contribution is 4.96. The average molecular weight is 222 g/mol. The highest BCUT2D eigenvalue weighted by Gasteiger charge is 2.42. The third-order valence-electron chi connectivity index (χ3n) is 5.49. The summed E-state index contributed by atoms with van der Waals surface area (Å²) < 4.78 is 0. The molecule has 2 aliphatic carbocycles. The smallest absolute Gasteiger partial charge is 0.0126 e. The van der Waals surface area contributed by atoms with Crippen molar-refractivity contribution in [1.82, 2.24) is 9.80 Å². The first-order chi connectivity index (χ1) is 7.74. The van der Waals surface area contributed by atoms with Crippen molar-refractivity contribution >= 4 is 0 Å². The SMILES string of the molecule is CN1CCC(N(C)C2CC3CCC2C3)CC1. The van der Waals surface area contributed by atoms with Gasteiger partial charge in [-0.05, 0) is 71.1 Å². The van der Waals surface area contributed by atoms with Gasteiger partial charge >= 0.3 is 0 Å². The van der Waals surface area contributed by atoms with Crippen LogP contribution in [0.25, 0.3) is 0 Å². The van der Waals surface area contributed by atoms with Crippen molar-refractivity contribution in [3.8, 4) is 0 Å². The van der Waals surface area contributed by atoms with Crippen LogP contribution in [0.1, 0.15) is 38.5 Å². The van der Waals surface area contributed by atoms with Crippen LogP contribution in [0.3, 0.4) is 0 Å². The second-order valence-electron chi connectivity index (χ2n) is 6.44. The van der Waals surface area contributed by atoms with Gasteiger partial charge in [-0.3, -0.25) is 0 Å². The van der Waals surface area contributed by atoms with Crippen molar-refractivity contribution in [1.29, 1.82) is 0 Å². The normalized spacial score (nSPS) is 41.1. The zero-order valence-electron chi connectivity index (χ0n) is 10.9. The largest absolute Gasteiger partial charge is 0.306 e. The molecule has 0 aromatic rings.